The molecular formula is C20H23N5O6. The topological polar surface area (TPSA) is 145 Å². The molecule has 0 spiro atoms. The van der Waals surface area contributed by atoms with Gasteiger partial charge in [-0.25, -0.2) is 4.79 Å². The van der Waals surface area contributed by atoms with Gasteiger partial charge in [-0.3, -0.25) is 24.4 Å². The lowest BCUT2D eigenvalue weighted by Gasteiger charge is -2.11. The Hall–Kier alpha value is -3.76. The molecule has 0 saturated heterocycles. The number of amides is 2. The number of ether oxygens (including phenoxy) is 1. The fourth-order valence-electron chi connectivity index (χ4n) is 3.39. The molecule has 2 N–H and O–H groups in total. The zero-order chi connectivity index (χ0) is 22.4. The molecule has 2 aromatic rings. The van der Waals surface area contributed by atoms with Crippen molar-refractivity contribution in [2.45, 2.75) is 45.2 Å². The van der Waals surface area contributed by atoms with Crippen molar-refractivity contribution < 1.29 is 24.0 Å². The van der Waals surface area contributed by atoms with Crippen molar-refractivity contribution in [3.63, 3.8) is 0 Å². The smallest absolute Gasteiger partial charge is 0.338 e. The van der Waals surface area contributed by atoms with Crippen LogP contribution in [0.5, 0.6) is 0 Å². The highest BCUT2D eigenvalue weighted by Crippen LogP contribution is 2.20. The Kier molecular flexibility index (Phi) is 6.96. The van der Waals surface area contributed by atoms with Gasteiger partial charge in [-0.05, 0) is 25.8 Å². The third kappa shape index (κ3) is 5.87. The molecule has 164 valence electrons. The summed E-state index contributed by atoms with van der Waals surface area (Å²) >= 11 is 0. The van der Waals surface area contributed by atoms with Gasteiger partial charge in [-0.15, -0.1) is 0 Å². The molecule has 1 aliphatic carbocycles. The molecule has 0 bridgehead atoms. The zero-order valence-corrected chi connectivity index (χ0v) is 17.0. The summed E-state index contributed by atoms with van der Waals surface area (Å²) in [5.41, 5.74) is -0.276. The van der Waals surface area contributed by atoms with E-state index in [1.54, 1.807) is 6.92 Å². The molecule has 0 unspecified atom stereocenters. The van der Waals surface area contributed by atoms with Crippen LogP contribution in [0.4, 0.5) is 11.4 Å². The number of nitrogens with zero attached hydrogens (tertiary/aromatic N) is 3. The molecular weight excluding hydrogens is 406 g/mol. The van der Waals surface area contributed by atoms with Gasteiger partial charge in [-0.1, -0.05) is 12.8 Å². The number of rotatable bonds is 8. The Labute approximate surface area is 177 Å². The molecule has 1 heterocycles. The summed E-state index contributed by atoms with van der Waals surface area (Å²) in [6, 6.07) is 3.54. The Morgan fingerprint density at radius 2 is 1.94 bits per heavy atom. The number of benzene rings is 1. The zero-order valence-electron chi connectivity index (χ0n) is 17.0. The van der Waals surface area contributed by atoms with Crippen molar-refractivity contribution in [3.8, 4) is 0 Å². The fraction of sp³-hybridized carbons (Fsp3) is 0.400. The second-order valence-electron chi connectivity index (χ2n) is 7.18. The summed E-state index contributed by atoms with van der Waals surface area (Å²) in [7, 11) is 0. The van der Waals surface area contributed by atoms with E-state index in [1.807, 2.05) is 0 Å². The van der Waals surface area contributed by atoms with E-state index in [1.165, 1.54) is 23.1 Å². The lowest BCUT2D eigenvalue weighted by atomic mass is 10.1. The SMILES string of the molecule is CCOC(=O)c1cc(C(=O)Nc2cnn(CC(=O)NC3CCCC3)c2)cc([N+](=O)[O-])c1. The molecule has 0 aliphatic heterocycles. The van der Waals surface area contributed by atoms with E-state index >= 15 is 0 Å². The minimum atomic E-state index is -0.763. The standard InChI is InChI=1S/C20H23N5O6/c1-2-31-20(28)14-7-13(8-17(9-14)25(29)30)19(27)23-16-10-21-24(11-16)12-18(26)22-15-5-3-4-6-15/h7-11,15H,2-6,12H2,1H3,(H,22,26)(H,23,27). The molecule has 11 heteroatoms. The molecule has 3 rings (SSSR count). The summed E-state index contributed by atoms with van der Waals surface area (Å²) in [4.78, 5) is 47.1. The van der Waals surface area contributed by atoms with Crippen LogP contribution in [0.2, 0.25) is 0 Å². The summed E-state index contributed by atoms with van der Waals surface area (Å²) in [6.07, 6.45) is 7.02. The van der Waals surface area contributed by atoms with Gasteiger partial charge in [0.2, 0.25) is 5.91 Å². The number of carbonyl (C=O) groups excluding carboxylic acids is 3. The normalized spacial score (nSPS) is 13.6. The van der Waals surface area contributed by atoms with Crippen molar-refractivity contribution in [2.24, 2.45) is 0 Å². The minimum absolute atomic E-state index is 0.0101. The molecule has 1 saturated carbocycles. The number of aromatic nitrogens is 2. The third-order valence-corrected chi connectivity index (χ3v) is 4.82. The fourth-order valence-corrected chi connectivity index (χ4v) is 3.39. The predicted molar refractivity (Wildman–Crippen MR) is 110 cm³/mol. The molecule has 1 aromatic carbocycles. The van der Waals surface area contributed by atoms with Crippen molar-refractivity contribution in [1.82, 2.24) is 15.1 Å². The quantitative estimate of drug-likeness (QED) is 0.372. The average Bonchev–Trinajstić information content (AvgIpc) is 3.39. The number of anilines is 1. The largest absolute Gasteiger partial charge is 0.462 e. The number of nitrogens with one attached hydrogen (secondary N) is 2. The Morgan fingerprint density at radius 1 is 1.23 bits per heavy atom. The molecule has 1 fully saturated rings. The molecule has 1 aromatic heterocycles. The summed E-state index contributed by atoms with van der Waals surface area (Å²) in [5, 5.41) is 20.7. The summed E-state index contributed by atoms with van der Waals surface area (Å²) in [6.45, 7) is 1.71. The van der Waals surface area contributed by atoms with Crippen molar-refractivity contribution >= 4 is 29.2 Å². The maximum atomic E-state index is 12.6. The number of esters is 1. The van der Waals surface area contributed by atoms with Gasteiger partial charge in [0.1, 0.15) is 6.54 Å². The van der Waals surface area contributed by atoms with E-state index in [4.69, 9.17) is 4.74 Å². The van der Waals surface area contributed by atoms with E-state index in [-0.39, 0.29) is 36.2 Å². The molecule has 31 heavy (non-hydrogen) atoms. The van der Waals surface area contributed by atoms with Crippen LogP contribution < -0.4 is 10.6 Å². The minimum Gasteiger partial charge on any atom is -0.462 e. The van der Waals surface area contributed by atoms with E-state index in [2.05, 4.69) is 15.7 Å². The van der Waals surface area contributed by atoms with Crippen molar-refractivity contribution in [3.05, 3.63) is 51.8 Å². The highest BCUT2D eigenvalue weighted by Gasteiger charge is 2.20. The number of non-ortho nitro benzene ring substituents is 1. The van der Waals surface area contributed by atoms with Crippen molar-refractivity contribution in [2.75, 3.05) is 11.9 Å². The lowest BCUT2D eigenvalue weighted by Crippen LogP contribution is -2.35. The maximum Gasteiger partial charge on any atom is 0.338 e. The third-order valence-electron chi connectivity index (χ3n) is 4.82. The van der Waals surface area contributed by atoms with Gasteiger partial charge in [-0.2, -0.15) is 5.10 Å². The van der Waals surface area contributed by atoms with Crippen LogP contribution in [0, 0.1) is 10.1 Å². The first kappa shape index (κ1) is 21.9. The number of hydrogen-bond acceptors (Lipinski definition) is 7. The number of carbonyl (C=O) groups is 3. The maximum absolute atomic E-state index is 12.6. The highest BCUT2D eigenvalue weighted by molar-refractivity contribution is 6.06. The Balaban J connectivity index is 1.67. The predicted octanol–water partition coefficient (Wildman–Crippen LogP) is 2.28. The molecule has 11 nitrogen and oxygen atoms in total. The van der Waals surface area contributed by atoms with Crippen LogP contribution in [-0.4, -0.2) is 45.1 Å². The van der Waals surface area contributed by atoms with Crippen molar-refractivity contribution in [1.29, 1.82) is 0 Å². The molecule has 2 amide bonds. The van der Waals surface area contributed by atoms with Gasteiger partial charge >= 0.3 is 5.97 Å². The molecule has 1 aliphatic rings. The number of nitro groups is 1. The van der Waals surface area contributed by atoms with Crippen LogP contribution in [0.25, 0.3) is 0 Å². The van der Waals surface area contributed by atoms with E-state index in [9.17, 15) is 24.5 Å². The van der Waals surface area contributed by atoms with Crippen LogP contribution in [0.15, 0.2) is 30.6 Å². The van der Waals surface area contributed by atoms with Gasteiger partial charge in [0.15, 0.2) is 0 Å². The van der Waals surface area contributed by atoms with Gasteiger partial charge in [0.05, 0.1) is 29.0 Å². The van der Waals surface area contributed by atoms with E-state index in [0.717, 1.165) is 37.8 Å². The summed E-state index contributed by atoms with van der Waals surface area (Å²) in [5.74, 6) is -1.59. The molecule has 0 radical (unpaired) electrons. The summed E-state index contributed by atoms with van der Waals surface area (Å²) < 4.78 is 6.25. The van der Waals surface area contributed by atoms with E-state index < -0.39 is 22.5 Å². The average molecular weight is 429 g/mol. The lowest BCUT2D eigenvalue weighted by molar-refractivity contribution is -0.384. The molecule has 0 atom stereocenters. The second-order valence-corrected chi connectivity index (χ2v) is 7.18. The van der Waals surface area contributed by atoms with Crippen LogP contribution in [0.1, 0.15) is 53.3 Å². The van der Waals surface area contributed by atoms with Crippen LogP contribution in [0.3, 0.4) is 0 Å². The van der Waals surface area contributed by atoms with Crippen LogP contribution >= 0.6 is 0 Å². The van der Waals surface area contributed by atoms with Gasteiger partial charge < -0.3 is 15.4 Å². The first-order chi connectivity index (χ1) is 14.9. The van der Waals surface area contributed by atoms with E-state index in [0.29, 0.717) is 5.69 Å². The van der Waals surface area contributed by atoms with Gasteiger partial charge in [0.25, 0.3) is 11.6 Å². The first-order valence-corrected chi connectivity index (χ1v) is 9.95. The van der Waals surface area contributed by atoms with Crippen LogP contribution in [-0.2, 0) is 16.1 Å². The van der Waals surface area contributed by atoms with Gasteiger partial charge in [0, 0.05) is 29.9 Å². The first-order valence-electron chi connectivity index (χ1n) is 9.95. The Morgan fingerprint density at radius 3 is 2.61 bits per heavy atom. The monoisotopic (exact) mass is 429 g/mol. The number of hydrogen-bond donors (Lipinski definition) is 2. The highest BCUT2D eigenvalue weighted by atomic mass is 16.6. The second kappa shape index (κ2) is 9.83. The number of nitro benzene ring substituents is 1. The Bertz CT molecular complexity index is 996.